The maximum atomic E-state index is 12.4. The van der Waals surface area contributed by atoms with Crippen molar-refractivity contribution in [2.45, 2.75) is 31.3 Å². The average Bonchev–Trinajstić information content (AvgIpc) is 2.82. The molecule has 2 atom stereocenters. The number of ether oxygens (including phenoxy) is 1. The van der Waals surface area contributed by atoms with Crippen LogP contribution in [0.25, 0.3) is 0 Å². The molecule has 122 valence electrons. The van der Waals surface area contributed by atoms with Crippen molar-refractivity contribution in [3.63, 3.8) is 0 Å². The zero-order valence-corrected chi connectivity index (χ0v) is 14.5. The van der Waals surface area contributed by atoms with E-state index in [0.29, 0.717) is 18.8 Å². The zero-order chi connectivity index (χ0) is 16.3. The Morgan fingerprint density at radius 3 is 2.86 bits per heavy atom. The van der Waals surface area contributed by atoms with Gasteiger partial charge in [0.25, 0.3) is 0 Å². The van der Waals surface area contributed by atoms with Gasteiger partial charge < -0.3 is 14.7 Å². The number of nitrogens with zero attached hydrogens (tertiary/aromatic N) is 1. The lowest BCUT2D eigenvalue weighted by Gasteiger charge is -2.30. The molecule has 1 fully saturated rings. The first-order chi connectivity index (χ1) is 10.4. The molecular weight excluding hydrogens is 298 g/mol. The summed E-state index contributed by atoms with van der Waals surface area (Å²) in [6, 6.07) is 7.70. The largest absolute Gasteiger partial charge is 0.497 e. The van der Waals surface area contributed by atoms with Crippen LogP contribution in [0, 0.1) is 11.8 Å². The number of amides is 1. The highest BCUT2D eigenvalue weighted by atomic mass is 32.2. The van der Waals surface area contributed by atoms with Crippen LogP contribution in [0.1, 0.15) is 20.8 Å². The highest BCUT2D eigenvalue weighted by Crippen LogP contribution is 2.34. The fourth-order valence-electron chi connectivity index (χ4n) is 2.88. The van der Waals surface area contributed by atoms with Crippen molar-refractivity contribution in [1.82, 2.24) is 4.90 Å². The molecule has 1 heterocycles. The Kier molecular flexibility index (Phi) is 5.40. The summed E-state index contributed by atoms with van der Waals surface area (Å²) < 4.78 is 5.19. The van der Waals surface area contributed by atoms with E-state index in [4.69, 9.17) is 4.74 Å². The summed E-state index contributed by atoms with van der Waals surface area (Å²) in [5.74, 6) is 1.51. The maximum Gasteiger partial charge on any atom is 0.233 e. The van der Waals surface area contributed by atoms with Crippen LogP contribution >= 0.6 is 11.8 Å². The number of thioether (sulfide) groups is 1. The van der Waals surface area contributed by atoms with Crippen molar-refractivity contribution in [1.29, 1.82) is 0 Å². The molecular formula is C17H25NO3S. The van der Waals surface area contributed by atoms with Gasteiger partial charge in [0.05, 0.1) is 18.5 Å². The van der Waals surface area contributed by atoms with Crippen LogP contribution in [0.2, 0.25) is 0 Å². The molecule has 1 N–H and O–H groups in total. The summed E-state index contributed by atoms with van der Waals surface area (Å²) >= 11 is 1.50. The van der Waals surface area contributed by atoms with E-state index in [1.54, 1.807) is 12.0 Å². The number of hydrogen-bond donors (Lipinski definition) is 1. The van der Waals surface area contributed by atoms with E-state index in [1.807, 2.05) is 45.0 Å². The van der Waals surface area contributed by atoms with E-state index in [1.165, 1.54) is 11.8 Å². The molecule has 0 bridgehead atoms. The van der Waals surface area contributed by atoms with E-state index >= 15 is 0 Å². The van der Waals surface area contributed by atoms with Crippen molar-refractivity contribution in [3.8, 4) is 5.75 Å². The Bertz CT molecular complexity index is 534. The molecule has 1 aromatic rings. The lowest BCUT2D eigenvalue weighted by Crippen LogP contribution is -2.43. The van der Waals surface area contributed by atoms with E-state index in [-0.39, 0.29) is 17.7 Å². The predicted octanol–water partition coefficient (Wildman–Crippen LogP) is 2.65. The highest BCUT2D eigenvalue weighted by Gasteiger charge is 2.46. The van der Waals surface area contributed by atoms with Gasteiger partial charge >= 0.3 is 0 Å². The molecule has 4 nitrogen and oxygen atoms in total. The smallest absolute Gasteiger partial charge is 0.233 e. The van der Waals surface area contributed by atoms with Crippen LogP contribution in [-0.2, 0) is 4.79 Å². The number of aliphatic hydroxyl groups is 1. The van der Waals surface area contributed by atoms with E-state index in [9.17, 15) is 9.90 Å². The highest BCUT2D eigenvalue weighted by molar-refractivity contribution is 8.00. The van der Waals surface area contributed by atoms with Gasteiger partial charge in [0.15, 0.2) is 0 Å². The van der Waals surface area contributed by atoms with Crippen molar-refractivity contribution in [2.75, 3.05) is 26.0 Å². The predicted molar refractivity (Wildman–Crippen MR) is 89.2 cm³/mol. The molecule has 2 rings (SSSR count). The van der Waals surface area contributed by atoms with Gasteiger partial charge in [0, 0.05) is 23.9 Å². The number of β-amino-alcohol motifs (C(OH)–C–C–N with tert-alkyl or cyclic N) is 1. The molecule has 0 unspecified atom stereocenters. The van der Waals surface area contributed by atoms with Crippen LogP contribution in [0.3, 0.4) is 0 Å². The molecule has 1 amide bonds. The molecule has 1 aromatic carbocycles. The van der Waals surface area contributed by atoms with Gasteiger partial charge in [-0.05, 0) is 24.1 Å². The van der Waals surface area contributed by atoms with E-state index in [0.717, 1.165) is 10.6 Å². The summed E-state index contributed by atoms with van der Waals surface area (Å²) in [5, 5.41) is 10.7. The van der Waals surface area contributed by atoms with Crippen LogP contribution < -0.4 is 4.74 Å². The van der Waals surface area contributed by atoms with Crippen molar-refractivity contribution >= 4 is 17.7 Å². The molecule has 5 heteroatoms. The average molecular weight is 323 g/mol. The number of rotatable bonds is 5. The standard InChI is InChI=1S/C17H25NO3S/c1-12(2)17(20)11-18(9-13(17)3)16(19)10-22-15-7-5-6-14(8-15)21-4/h5-8,12-13,20H,9-11H2,1-4H3/t13-,17-/m1/s1. The SMILES string of the molecule is COc1cccc(SCC(=O)N2C[C@@H](C)[C@](O)(C(C)C)C2)c1. The minimum atomic E-state index is -0.768. The van der Waals surface area contributed by atoms with E-state index < -0.39 is 5.60 Å². The van der Waals surface area contributed by atoms with Gasteiger partial charge in [-0.3, -0.25) is 4.79 Å². The molecule has 0 saturated carbocycles. The van der Waals surface area contributed by atoms with Crippen LogP contribution in [0.4, 0.5) is 0 Å². The minimum absolute atomic E-state index is 0.0799. The monoisotopic (exact) mass is 323 g/mol. The number of carbonyl (C=O) groups is 1. The summed E-state index contributed by atoms with van der Waals surface area (Å²) in [6.45, 7) is 7.10. The second kappa shape index (κ2) is 6.92. The summed E-state index contributed by atoms with van der Waals surface area (Å²) in [4.78, 5) is 15.2. The first kappa shape index (κ1) is 17.2. The second-order valence-electron chi connectivity index (χ2n) is 6.29. The third kappa shape index (κ3) is 3.58. The van der Waals surface area contributed by atoms with Gasteiger partial charge in [-0.25, -0.2) is 0 Å². The molecule has 22 heavy (non-hydrogen) atoms. The first-order valence-corrected chi connectivity index (χ1v) is 8.62. The first-order valence-electron chi connectivity index (χ1n) is 7.64. The van der Waals surface area contributed by atoms with Crippen LogP contribution in [0.5, 0.6) is 5.75 Å². The number of carbonyl (C=O) groups excluding carboxylic acids is 1. The summed E-state index contributed by atoms with van der Waals surface area (Å²) in [5.41, 5.74) is -0.768. The molecule has 1 aliphatic heterocycles. The normalized spacial score (nSPS) is 24.8. The molecule has 0 radical (unpaired) electrons. The van der Waals surface area contributed by atoms with E-state index in [2.05, 4.69) is 0 Å². The molecule has 0 aliphatic carbocycles. The second-order valence-corrected chi connectivity index (χ2v) is 7.34. The van der Waals surface area contributed by atoms with Crippen LogP contribution in [0.15, 0.2) is 29.2 Å². The van der Waals surface area contributed by atoms with Crippen LogP contribution in [-0.4, -0.2) is 47.5 Å². The van der Waals surface area contributed by atoms with Crippen molar-refractivity contribution < 1.29 is 14.6 Å². The quantitative estimate of drug-likeness (QED) is 0.847. The fourth-order valence-corrected chi connectivity index (χ4v) is 3.73. The molecule has 0 spiro atoms. The Labute approximate surface area is 136 Å². The van der Waals surface area contributed by atoms with Gasteiger partial charge in [-0.2, -0.15) is 0 Å². The number of methoxy groups -OCH3 is 1. The molecule has 1 saturated heterocycles. The Morgan fingerprint density at radius 1 is 1.55 bits per heavy atom. The fraction of sp³-hybridized carbons (Fsp3) is 0.588. The molecule has 0 aromatic heterocycles. The Hall–Kier alpha value is -1.20. The number of likely N-dealkylation sites (tertiary alicyclic amines) is 1. The topological polar surface area (TPSA) is 49.8 Å². The summed E-state index contributed by atoms with van der Waals surface area (Å²) in [6.07, 6.45) is 0. The Balaban J connectivity index is 1.93. The van der Waals surface area contributed by atoms with Gasteiger partial charge in [0.1, 0.15) is 5.75 Å². The number of benzene rings is 1. The zero-order valence-electron chi connectivity index (χ0n) is 13.7. The minimum Gasteiger partial charge on any atom is -0.497 e. The van der Waals surface area contributed by atoms with Gasteiger partial charge in [-0.1, -0.05) is 26.8 Å². The Morgan fingerprint density at radius 2 is 2.27 bits per heavy atom. The summed E-state index contributed by atoms with van der Waals surface area (Å²) in [7, 11) is 1.63. The molecule has 1 aliphatic rings. The third-order valence-corrected chi connectivity index (χ3v) is 5.53. The third-order valence-electron chi connectivity index (χ3n) is 4.55. The maximum absolute atomic E-state index is 12.4. The van der Waals surface area contributed by atoms with Crippen molar-refractivity contribution in [2.24, 2.45) is 11.8 Å². The lowest BCUT2D eigenvalue weighted by atomic mass is 9.82. The lowest BCUT2D eigenvalue weighted by molar-refractivity contribution is -0.128. The van der Waals surface area contributed by atoms with Crippen molar-refractivity contribution in [3.05, 3.63) is 24.3 Å². The van der Waals surface area contributed by atoms with Gasteiger partial charge in [0.2, 0.25) is 5.91 Å². The number of hydrogen-bond acceptors (Lipinski definition) is 4. The van der Waals surface area contributed by atoms with Gasteiger partial charge in [-0.15, -0.1) is 11.8 Å².